The molecule has 1 N–H and O–H groups in total. The summed E-state index contributed by atoms with van der Waals surface area (Å²) in [6.07, 6.45) is 2.64. The molecule has 0 saturated carbocycles. The van der Waals surface area contributed by atoms with Crippen LogP contribution in [-0.4, -0.2) is 24.3 Å². The average Bonchev–Trinajstić information content (AvgIpc) is 2.02. The van der Waals surface area contributed by atoms with E-state index in [0.717, 1.165) is 11.6 Å². The van der Waals surface area contributed by atoms with Crippen molar-refractivity contribution in [1.82, 2.24) is 4.98 Å². The first kappa shape index (κ1) is 11.4. The number of rotatable bonds is 5. The van der Waals surface area contributed by atoms with E-state index in [1.807, 2.05) is 0 Å². The fourth-order valence-electron chi connectivity index (χ4n) is 1.08. The van der Waals surface area contributed by atoms with Crippen LogP contribution in [0, 0.1) is 0 Å². The predicted molar refractivity (Wildman–Crippen MR) is 59.7 cm³/mol. The van der Waals surface area contributed by atoms with Crippen LogP contribution in [0.3, 0.4) is 0 Å². The van der Waals surface area contributed by atoms with Crippen LogP contribution in [0.5, 0.6) is 0 Å². The molecule has 0 rings (SSSR count). The van der Waals surface area contributed by atoms with Crippen LogP contribution in [0.25, 0.3) is 0 Å². The van der Waals surface area contributed by atoms with Crippen molar-refractivity contribution in [3.63, 3.8) is 0 Å². The molecule has 3 atom stereocenters. The van der Waals surface area contributed by atoms with Crippen LogP contribution < -0.4 is 4.98 Å². The summed E-state index contributed by atoms with van der Waals surface area (Å²) in [5.41, 5.74) is 0.996. The molecule has 0 amide bonds. The molecule has 0 bridgehead atoms. The van der Waals surface area contributed by atoms with Crippen molar-refractivity contribution in [1.29, 1.82) is 0 Å². The highest BCUT2D eigenvalue weighted by Crippen LogP contribution is 2.09. The first-order chi connectivity index (χ1) is 5.11. The second-order valence-electron chi connectivity index (χ2n) is 3.65. The zero-order valence-corrected chi connectivity index (χ0v) is 11.8. The van der Waals surface area contributed by atoms with Crippen molar-refractivity contribution in [3.05, 3.63) is 0 Å². The summed E-state index contributed by atoms with van der Waals surface area (Å²) in [6, 6.07) is 0.762. The highest BCUT2D eigenvalue weighted by atomic mass is 29.2. The zero-order chi connectivity index (χ0) is 8.85. The summed E-state index contributed by atoms with van der Waals surface area (Å²) in [5, 5.41) is 0. The van der Waals surface area contributed by atoms with Crippen LogP contribution in [0.2, 0.25) is 5.54 Å². The van der Waals surface area contributed by atoms with Gasteiger partial charge in [-0.15, -0.1) is 0 Å². The van der Waals surface area contributed by atoms with Gasteiger partial charge in [0.25, 0.3) is 0 Å². The molecular weight excluding hydrogens is 166 g/mol. The molecule has 0 aliphatic carbocycles. The highest BCUT2D eigenvalue weighted by Gasteiger charge is 2.12. The molecule has 0 radical (unpaired) electrons. The molecule has 0 saturated heterocycles. The van der Waals surface area contributed by atoms with Gasteiger partial charge < -0.3 is 4.98 Å². The smallest absolute Gasteiger partial charge is 0.0909 e. The minimum absolute atomic E-state index is 0.483. The molecule has 0 aliphatic rings. The lowest BCUT2D eigenvalue weighted by molar-refractivity contribution is 0.642. The monoisotopic (exact) mass is 189 g/mol. The summed E-state index contributed by atoms with van der Waals surface area (Å²) < 4.78 is 0. The molecule has 3 unspecified atom stereocenters. The molecule has 0 aromatic rings. The van der Waals surface area contributed by atoms with E-state index < -0.39 is 8.48 Å². The van der Waals surface area contributed by atoms with E-state index in [2.05, 4.69) is 32.7 Å². The van der Waals surface area contributed by atoms with Gasteiger partial charge in [-0.2, -0.15) is 0 Å². The Hall–Kier alpha value is 0.394. The van der Waals surface area contributed by atoms with Gasteiger partial charge in [0.2, 0.25) is 0 Å². The zero-order valence-electron chi connectivity index (χ0n) is 8.65. The standard InChI is InChI=1S/C8H23NSi2/c1-5-7(3)9-11(10)8(4)6-2/h7-9,11H,5-6H2,1-4,10H3. The van der Waals surface area contributed by atoms with E-state index in [4.69, 9.17) is 0 Å². The summed E-state index contributed by atoms with van der Waals surface area (Å²) in [7, 11) is 0.930. The van der Waals surface area contributed by atoms with Crippen LogP contribution in [0.4, 0.5) is 0 Å². The lowest BCUT2D eigenvalue weighted by Gasteiger charge is -2.22. The number of nitrogens with one attached hydrogen (secondary N) is 1. The molecule has 0 aliphatic heterocycles. The molecule has 0 spiro atoms. The predicted octanol–water partition coefficient (Wildman–Crippen LogP) is 0.761. The Bertz CT molecular complexity index is 98.1. The fraction of sp³-hybridized carbons (Fsp3) is 1.00. The number of hydrogen-bond acceptors (Lipinski definition) is 1. The lowest BCUT2D eigenvalue weighted by atomic mass is 10.3. The van der Waals surface area contributed by atoms with Crippen LogP contribution >= 0.6 is 0 Å². The minimum Gasteiger partial charge on any atom is -0.340 e. The first-order valence-corrected chi connectivity index (χ1v) is 10.7. The van der Waals surface area contributed by atoms with Crippen LogP contribution in [0.15, 0.2) is 0 Å². The maximum Gasteiger partial charge on any atom is 0.0909 e. The maximum atomic E-state index is 3.78. The molecule has 68 valence electrons. The Kier molecular flexibility index (Phi) is 6.18. The molecular formula is C8H23NSi2. The molecule has 0 aromatic heterocycles. The van der Waals surface area contributed by atoms with Gasteiger partial charge in [-0.1, -0.05) is 34.1 Å². The second kappa shape index (κ2) is 5.97. The summed E-state index contributed by atoms with van der Waals surface area (Å²) >= 11 is 0. The van der Waals surface area contributed by atoms with Crippen molar-refractivity contribution < 1.29 is 0 Å². The van der Waals surface area contributed by atoms with Gasteiger partial charge in [0.15, 0.2) is 0 Å². The van der Waals surface area contributed by atoms with Gasteiger partial charge in [-0.25, -0.2) is 0 Å². The third kappa shape index (κ3) is 4.77. The largest absolute Gasteiger partial charge is 0.340 e. The lowest BCUT2D eigenvalue weighted by Crippen LogP contribution is -2.43. The molecule has 0 aromatic carbocycles. The van der Waals surface area contributed by atoms with Crippen molar-refractivity contribution in [2.75, 3.05) is 0 Å². The van der Waals surface area contributed by atoms with Crippen molar-refractivity contribution in [3.8, 4) is 0 Å². The van der Waals surface area contributed by atoms with Crippen LogP contribution in [-0.2, 0) is 0 Å². The van der Waals surface area contributed by atoms with E-state index >= 15 is 0 Å². The molecule has 3 heteroatoms. The summed E-state index contributed by atoms with van der Waals surface area (Å²) in [6.45, 7) is 9.28. The first-order valence-electron chi connectivity index (χ1n) is 4.87. The van der Waals surface area contributed by atoms with Gasteiger partial charge >= 0.3 is 0 Å². The van der Waals surface area contributed by atoms with Crippen LogP contribution in [0.1, 0.15) is 40.5 Å². The van der Waals surface area contributed by atoms with E-state index in [9.17, 15) is 0 Å². The Labute approximate surface area is 75.9 Å². The Morgan fingerprint density at radius 1 is 1.27 bits per heavy atom. The topological polar surface area (TPSA) is 12.0 Å². The van der Waals surface area contributed by atoms with E-state index in [1.54, 1.807) is 0 Å². The molecule has 11 heavy (non-hydrogen) atoms. The maximum absolute atomic E-state index is 3.78. The van der Waals surface area contributed by atoms with Gasteiger partial charge in [0, 0.05) is 9.76 Å². The van der Waals surface area contributed by atoms with Crippen molar-refractivity contribution in [2.45, 2.75) is 52.1 Å². The van der Waals surface area contributed by atoms with E-state index in [-0.39, 0.29) is 0 Å². The van der Waals surface area contributed by atoms with Gasteiger partial charge in [-0.05, 0) is 18.0 Å². The highest BCUT2D eigenvalue weighted by molar-refractivity contribution is 7.02. The summed E-state index contributed by atoms with van der Waals surface area (Å²) in [5.74, 6) is 0. The Balaban J connectivity index is 3.58. The van der Waals surface area contributed by atoms with Crippen molar-refractivity contribution in [2.24, 2.45) is 0 Å². The quantitative estimate of drug-likeness (QED) is 0.630. The Morgan fingerprint density at radius 2 is 1.82 bits per heavy atom. The number of hydrogen-bond donors (Lipinski definition) is 1. The van der Waals surface area contributed by atoms with Gasteiger partial charge in [0.1, 0.15) is 0 Å². The molecule has 0 fully saturated rings. The third-order valence-electron chi connectivity index (χ3n) is 2.66. The third-order valence-corrected chi connectivity index (χ3v) is 10.3. The second-order valence-corrected chi connectivity index (χ2v) is 10.4. The molecule has 0 heterocycles. The average molecular weight is 189 g/mol. The fourth-order valence-corrected chi connectivity index (χ4v) is 6.37. The minimum atomic E-state index is -0.483. The van der Waals surface area contributed by atoms with Crippen molar-refractivity contribution >= 4 is 18.2 Å². The van der Waals surface area contributed by atoms with E-state index in [0.29, 0.717) is 0 Å². The molecule has 1 nitrogen and oxygen atoms in total. The van der Waals surface area contributed by atoms with E-state index in [1.165, 1.54) is 22.6 Å². The van der Waals surface area contributed by atoms with Gasteiger partial charge in [0.05, 0.1) is 8.48 Å². The van der Waals surface area contributed by atoms with Gasteiger partial charge in [-0.3, -0.25) is 0 Å². The normalized spacial score (nSPS) is 19.6. The SMILES string of the molecule is CCC(C)N[SiH]([SiH3])C(C)CC. The Morgan fingerprint density at radius 3 is 2.18 bits per heavy atom. The summed E-state index contributed by atoms with van der Waals surface area (Å²) in [4.78, 5) is 3.78.